The van der Waals surface area contributed by atoms with Crippen LogP contribution in [0.4, 0.5) is 4.39 Å². The van der Waals surface area contributed by atoms with Gasteiger partial charge in [-0.15, -0.1) is 0 Å². The van der Waals surface area contributed by atoms with Crippen molar-refractivity contribution in [3.63, 3.8) is 0 Å². The number of carbonyl (C=O) groups excluding carboxylic acids is 1. The molecule has 0 saturated heterocycles. The number of carbonyl (C=O) groups is 1. The lowest BCUT2D eigenvalue weighted by atomic mass is 9.77. The quantitative estimate of drug-likeness (QED) is 0.450. The Morgan fingerprint density at radius 2 is 1.37 bits per heavy atom. The van der Waals surface area contributed by atoms with Crippen molar-refractivity contribution in [2.45, 2.75) is 31.8 Å². The van der Waals surface area contributed by atoms with Crippen LogP contribution >= 0.6 is 0 Å². The van der Waals surface area contributed by atoms with Crippen LogP contribution in [0, 0.1) is 5.82 Å². The fourth-order valence-corrected chi connectivity index (χ4v) is 3.93. The molecule has 3 rings (SSSR count). The number of ether oxygens (including phenoxy) is 1. The molecule has 0 spiro atoms. The van der Waals surface area contributed by atoms with Crippen LogP contribution in [0.3, 0.4) is 0 Å². The summed E-state index contributed by atoms with van der Waals surface area (Å²) < 4.78 is 18.8. The summed E-state index contributed by atoms with van der Waals surface area (Å²) in [6, 6.07) is 26.6. The highest BCUT2D eigenvalue weighted by molar-refractivity contribution is 5.83. The van der Waals surface area contributed by atoms with Gasteiger partial charge in [-0.1, -0.05) is 79.7 Å². The monoisotopic (exact) mass is 405 g/mol. The van der Waals surface area contributed by atoms with Crippen LogP contribution < -0.4 is 0 Å². The van der Waals surface area contributed by atoms with Crippen molar-refractivity contribution in [2.24, 2.45) is 0 Å². The fourth-order valence-electron chi connectivity index (χ4n) is 3.93. The number of esters is 1. The Labute approximate surface area is 178 Å². The SMILES string of the molecule is CC[C@@](CN(Cc1ccccc1)Cc1ccccc1)(C(=O)OC)c1ccc(F)cc1. The van der Waals surface area contributed by atoms with Crippen molar-refractivity contribution < 1.29 is 13.9 Å². The predicted molar refractivity (Wildman–Crippen MR) is 117 cm³/mol. The maximum atomic E-state index is 13.6. The minimum Gasteiger partial charge on any atom is -0.468 e. The molecular weight excluding hydrogens is 377 g/mol. The molecular formula is C26H28FNO2. The minimum absolute atomic E-state index is 0.303. The van der Waals surface area contributed by atoms with Crippen LogP contribution in [-0.4, -0.2) is 24.5 Å². The van der Waals surface area contributed by atoms with Gasteiger partial charge in [0.2, 0.25) is 0 Å². The molecule has 3 aromatic carbocycles. The Morgan fingerprint density at radius 1 is 0.867 bits per heavy atom. The number of rotatable bonds is 9. The molecule has 0 amide bonds. The first-order valence-electron chi connectivity index (χ1n) is 10.2. The topological polar surface area (TPSA) is 29.5 Å². The zero-order valence-corrected chi connectivity index (χ0v) is 17.6. The average Bonchev–Trinajstić information content (AvgIpc) is 2.79. The van der Waals surface area contributed by atoms with Crippen molar-refractivity contribution >= 4 is 5.97 Å². The number of hydrogen-bond acceptors (Lipinski definition) is 3. The van der Waals surface area contributed by atoms with E-state index in [2.05, 4.69) is 29.2 Å². The van der Waals surface area contributed by atoms with E-state index in [0.29, 0.717) is 26.1 Å². The van der Waals surface area contributed by atoms with Gasteiger partial charge in [0.15, 0.2) is 0 Å². The Kier molecular flexibility index (Phi) is 7.36. The van der Waals surface area contributed by atoms with Crippen LogP contribution in [0.25, 0.3) is 0 Å². The summed E-state index contributed by atoms with van der Waals surface area (Å²) in [5.74, 6) is -0.623. The van der Waals surface area contributed by atoms with Crippen LogP contribution in [0.15, 0.2) is 84.9 Å². The van der Waals surface area contributed by atoms with Gasteiger partial charge in [0, 0.05) is 19.6 Å². The number of halogens is 1. The third kappa shape index (κ3) is 5.14. The first kappa shape index (κ1) is 21.7. The Hall–Kier alpha value is -2.98. The van der Waals surface area contributed by atoms with Gasteiger partial charge >= 0.3 is 5.97 Å². The average molecular weight is 406 g/mol. The van der Waals surface area contributed by atoms with Gasteiger partial charge in [-0.25, -0.2) is 4.39 Å². The van der Waals surface area contributed by atoms with Gasteiger partial charge < -0.3 is 4.74 Å². The molecule has 0 bridgehead atoms. The van der Waals surface area contributed by atoms with Gasteiger partial charge in [-0.05, 0) is 35.2 Å². The van der Waals surface area contributed by atoms with Crippen LogP contribution in [0.5, 0.6) is 0 Å². The molecule has 0 N–H and O–H groups in total. The molecule has 0 aliphatic heterocycles. The number of nitrogens with zero attached hydrogens (tertiary/aromatic N) is 1. The highest BCUT2D eigenvalue weighted by atomic mass is 19.1. The highest BCUT2D eigenvalue weighted by Gasteiger charge is 2.41. The van der Waals surface area contributed by atoms with Gasteiger partial charge in [0.25, 0.3) is 0 Å². The second-order valence-corrected chi connectivity index (χ2v) is 7.55. The summed E-state index contributed by atoms with van der Waals surface area (Å²) in [5, 5.41) is 0. The Balaban J connectivity index is 1.98. The van der Waals surface area contributed by atoms with Crippen LogP contribution in [0.1, 0.15) is 30.0 Å². The Morgan fingerprint density at radius 3 is 1.80 bits per heavy atom. The van der Waals surface area contributed by atoms with Crippen LogP contribution in [0.2, 0.25) is 0 Å². The zero-order chi connectivity index (χ0) is 21.4. The van der Waals surface area contributed by atoms with E-state index in [1.54, 1.807) is 12.1 Å². The van der Waals surface area contributed by atoms with Gasteiger partial charge in [-0.3, -0.25) is 9.69 Å². The summed E-state index contributed by atoms with van der Waals surface area (Å²) >= 11 is 0. The molecule has 3 aromatic rings. The lowest BCUT2D eigenvalue weighted by Gasteiger charge is -2.36. The summed E-state index contributed by atoms with van der Waals surface area (Å²) in [7, 11) is 1.41. The van der Waals surface area contributed by atoms with Crippen molar-refractivity contribution in [1.29, 1.82) is 0 Å². The van der Waals surface area contributed by atoms with E-state index in [-0.39, 0.29) is 11.8 Å². The molecule has 3 nitrogen and oxygen atoms in total. The molecule has 0 aliphatic rings. The molecule has 30 heavy (non-hydrogen) atoms. The molecule has 0 aliphatic carbocycles. The van der Waals surface area contributed by atoms with E-state index < -0.39 is 5.41 Å². The van der Waals surface area contributed by atoms with Gasteiger partial charge in [0.05, 0.1) is 7.11 Å². The smallest absolute Gasteiger partial charge is 0.317 e. The molecule has 4 heteroatoms. The predicted octanol–water partition coefficient (Wildman–Crippen LogP) is 5.35. The summed E-state index contributed by atoms with van der Waals surface area (Å²) in [4.78, 5) is 15.3. The maximum absolute atomic E-state index is 13.6. The largest absolute Gasteiger partial charge is 0.468 e. The highest BCUT2D eigenvalue weighted by Crippen LogP contribution is 2.32. The maximum Gasteiger partial charge on any atom is 0.317 e. The van der Waals surface area contributed by atoms with Gasteiger partial charge in [-0.2, -0.15) is 0 Å². The van der Waals surface area contributed by atoms with Gasteiger partial charge in [0.1, 0.15) is 11.2 Å². The lowest BCUT2D eigenvalue weighted by molar-refractivity contribution is -0.149. The van der Waals surface area contributed by atoms with E-state index in [1.165, 1.54) is 30.4 Å². The molecule has 156 valence electrons. The molecule has 0 radical (unpaired) electrons. The summed E-state index contributed by atoms with van der Waals surface area (Å²) in [6.07, 6.45) is 0.547. The molecule has 0 saturated carbocycles. The molecule has 1 atom stereocenters. The second-order valence-electron chi connectivity index (χ2n) is 7.55. The minimum atomic E-state index is -0.883. The van der Waals surface area contributed by atoms with Crippen molar-refractivity contribution in [2.75, 3.05) is 13.7 Å². The third-order valence-electron chi connectivity index (χ3n) is 5.57. The second kappa shape index (κ2) is 10.2. The number of hydrogen-bond donors (Lipinski definition) is 0. The standard InChI is InChI=1S/C26H28FNO2/c1-3-26(25(29)30-2,23-14-16-24(27)17-15-23)20-28(18-21-10-6-4-7-11-21)19-22-12-8-5-9-13-22/h4-17H,3,18-20H2,1-2H3/t26-/m0/s1. The van der Waals surface area contributed by atoms with E-state index in [9.17, 15) is 9.18 Å². The third-order valence-corrected chi connectivity index (χ3v) is 5.57. The first-order valence-corrected chi connectivity index (χ1v) is 10.2. The van der Waals surface area contributed by atoms with Crippen molar-refractivity contribution in [3.8, 4) is 0 Å². The van der Waals surface area contributed by atoms with Crippen molar-refractivity contribution in [1.82, 2.24) is 4.90 Å². The molecule has 0 aromatic heterocycles. The zero-order valence-electron chi connectivity index (χ0n) is 17.6. The van der Waals surface area contributed by atoms with E-state index >= 15 is 0 Å². The molecule has 0 heterocycles. The van der Waals surface area contributed by atoms with E-state index in [4.69, 9.17) is 4.74 Å². The molecule has 0 unspecified atom stereocenters. The molecule has 0 fully saturated rings. The fraction of sp³-hybridized carbons (Fsp3) is 0.269. The summed E-state index contributed by atoms with van der Waals surface area (Å²) in [5.41, 5.74) is 2.22. The first-order chi connectivity index (χ1) is 14.6. The normalized spacial score (nSPS) is 13.1. The lowest BCUT2D eigenvalue weighted by Crippen LogP contribution is -2.46. The van der Waals surface area contributed by atoms with Crippen molar-refractivity contribution in [3.05, 3.63) is 107 Å². The van der Waals surface area contributed by atoms with Crippen LogP contribution in [-0.2, 0) is 28.0 Å². The number of methoxy groups -OCH3 is 1. The summed E-state index contributed by atoms with van der Waals surface area (Å²) in [6.45, 7) is 3.82. The Bertz CT molecular complexity index is 887. The van der Waals surface area contributed by atoms with E-state index in [1.807, 2.05) is 43.3 Å². The van der Waals surface area contributed by atoms with E-state index in [0.717, 1.165) is 5.56 Å². The number of benzene rings is 3.